The molecule has 1 heteroatoms. The zero-order valence-electron chi connectivity index (χ0n) is 10.3. The first kappa shape index (κ1) is 14.0. The summed E-state index contributed by atoms with van der Waals surface area (Å²) in [4.78, 5) is 0. The van der Waals surface area contributed by atoms with Gasteiger partial charge >= 0.3 is 0 Å². The van der Waals surface area contributed by atoms with Gasteiger partial charge in [-0.05, 0) is 25.9 Å². The molecule has 1 rings (SSSR count). The van der Waals surface area contributed by atoms with E-state index in [9.17, 15) is 0 Å². The lowest BCUT2D eigenvalue weighted by Crippen LogP contribution is -2.21. The Bertz CT molecular complexity index is 69.7. The Morgan fingerprint density at radius 3 is 1.43 bits per heavy atom. The first-order valence-electron chi connectivity index (χ1n) is 6.62. The van der Waals surface area contributed by atoms with Crippen molar-refractivity contribution < 1.29 is 0 Å². The van der Waals surface area contributed by atoms with Gasteiger partial charge in [0.25, 0.3) is 0 Å². The molecule has 1 N–H and O–H groups in total. The second kappa shape index (κ2) is 13.0. The predicted molar refractivity (Wildman–Crippen MR) is 65.8 cm³/mol. The summed E-state index contributed by atoms with van der Waals surface area (Å²) < 4.78 is 0. The number of piperidine rings is 1. The third kappa shape index (κ3) is 12.0. The van der Waals surface area contributed by atoms with Crippen molar-refractivity contribution in [1.82, 2.24) is 5.32 Å². The summed E-state index contributed by atoms with van der Waals surface area (Å²) in [6.07, 6.45) is 12.7. The summed E-state index contributed by atoms with van der Waals surface area (Å²) in [6.45, 7) is 7.01. The van der Waals surface area contributed by atoms with Crippen LogP contribution in [-0.4, -0.2) is 13.1 Å². The molecular formula is C13H29N. The number of nitrogens with one attached hydrogen (secondary N) is 1. The van der Waals surface area contributed by atoms with Crippen molar-refractivity contribution in [2.45, 2.75) is 71.6 Å². The number of hydrogen-bond acceptors (Lipinski definition) is 1. The highest BCUT2D eigenvalue weighted by Crippen LogP contribution is 2.03. The van der Waals surface area contributed by atoms with E-state index in [4.69, 9.17) is 0 Å². The topological polar surface area (TPSA) is 12.0 Å². The molecule has 0 aromatic heterocycles. The maximum absolute atomic E-state index is 3.28. The molecule has 0 atom stereocenters. The zero-order chi connectivity index (χ0) is 10.5. The Hall–Kier alpha value is -0.0400. The van der Waals surface area contributed by atoms with Gasteiger partial charge in [-0.1, -0.05) is 58.8 Å². The minimum Gasteiger partial charge on any atom is -0.317 e. The monoisotopic (exact) mass is 199 g/mol. The molecule has 1 heterocycles. The highest BCUT2D eigenvalue weighted by Gasteiger charge is 1.93. The van der Waals surface area contributed by atoms with Gasteiger partial charge in [-0.15, -0.1) is 0 Å². The maximum atomic E-state index is 3.28. The first-order chi connectivity index (χ1) is 6.91. The molecule has 0 amide bonds. The van der Waals surface area contributed by atoms with Crippen LogP contribution in [-0.2, 0) is 0 Å². The first-order valence-corrected chi connectivity index (χ1v) is 6.62. The molecule has 0 spiro atoms. The fourth-order valence-electron chi connectivity index (χ4n) is 1.66. The molecular weight excluding hydrogens is 170 g/mol. The van der Waals surface area contributed by atoms with E-state index >= 15 is 0 Å². The van der Waals surface area contributed by atoms with E-state index in [1.165, 1.54) is 70.9 Å². The van der Waals surface area contributed by atoms with E-state index in [2.05, 4.69) is 19.2 Å². The quantitative estimate of drug-likeness (QED) is 0.657. The molecule has 0 unspecified atom stereocenters. The molecule has 0 aromatic rings. The third-order valence-corrected chi connectivity index (χ3v) is 2.66. The molecule has 86 valence electrons. The molecule has 1 fully saturated rings. The van der Waals surface area contributed by atoms with Gasteiger partial charge in [0.15, 0.2) is 0 Å². The van der Waals surface area contributed by atoms with Gasteiger partial charge in [0.1, 0.15) is 0 Å². The largest absolute Gasteiger partial charge is 0.317 e. The molecule has 0 aliphatic carbocycles. The van der Waals surface area contributed by atoms with Crippen LogP contribution in [0.4, 0.5) is 0 Å². The Kier molecular flexibility index (Phi) is 12.9. The average molecular weight is 199 g/mol. The van der Waals surface area contributed by atoms with Gasteiger partial charge in [0.2, 0.25) is 0 Å². The van der Waals surface area contributed by atoms with Crippen LogP contribution < -0.4 is 5.32 Å². The van der Waals surface area contributed by atoms with Crippen LogP contribution in [0.5, 0.6) is 0 Å². The Morgan fingerprint density at radius 2 is 1.21 bits per heavy atom. The summed E-state index contributed by atoms with van der Waals surface area (Å²) in [6, 6.07) is 0. The Morgan fingerprint density at radius 1 is 0.714 bits per heavy atom. The molecule has 1 aliphatic rings. The summed E-state index contributed by atoms with van der Waals surface area (Å²) in [7, 11) is 0. The van der Waals surface area contributed by atoms with Crippen LogP contribution in [0.1, 0.15) is 71.6 Å². The van der Waals surface area contributed by atoms with Gasteiger partial charge in [0, 0.05) is 0 Å². The van der Waals surface area contributed by atoms with E-state index in [1.54, 1.807) is 0 Å². The van der Waals surface area contributed by atoms with Crippen LogP contribution in [0, 0.1) is 0 Å². The average Bonchev–Trinajstić information content (AvgIpc) is 2.28. The SMILES string of the molecule is C1CCNCC1.CCCCCCCC. The van der Waals surface area contributed by atoms with E-state index < -0.39 is 0 Å². The van der Waals surface area contributed by atoms with E-state index in [0.717, 1.165) is 0 Å². The van der Waals surface area contributed by atoms with Gasteiger partial charge in [-0.25, -0.2) is 0 Å². The molecule has 0 aromatic carbocycles. The number of rotatable bonds is 5. The summed E-state index contributed by atoms with van der Waals surface area (Å²) in [5.74, 6) is 0. The lowest BCUT2D eigenvalue weighted by molar-refractivity contribution is 0.520. The van der Waals surface area contributed by atoms with E-state index in [0.29, 0.717) is 0 Å². The van der Waals surface area contributed by atoms with Crippen molar-refractivity contribution in [2.24, 2.45) is 0 Å². The summed E-state index contributed by atoms with van der Waals surface area (Å²) in [5.41, 5.74) is 0. The number of unbranched alkanes of at least 4 members (excludes halogenated alkanes) is 5. The highest BCUT2D eigenvalue weighted by atomic mass is 14.9. The van der Waals surface area contributed by atoms with Crippen molar-refractivity contribution in [3.05, 3.63) is 0 Å². The van der Waals surface area contributed by atoms with Gasteiger partial charge in [-0.2, -0.15) is 0 Å². The normalized spacial score (nSPS) is 15.9. The maximum Gasteiger partial charge on any atom is -0.00489 e. The molecule has 1 aliphatic heterocycles. The van der Waals surface area contributed by atoms with Gasteiger partial charge in [0.05, 0.1) is 0 Å². The fraction of sp³-hybridized carbons (Fsp3) is 1.00. The van der Waals surface area contributed by atoms with Crippen molar-refractivity contribution in [1.29, 1.82) is 0 Å². The standard InChI is InChI=1S/C8H18.C5H11N/c1-3-5-7-8-6-4-2;1-2-4-6-5-3-1/h3-8H2,1-2H3;6H,1-5H2. The van der Waals surface area contributed by atoms with Crippen molar-refractivity contribution in [2.75, 3.05) is 13.1 Å². The minimum absolute atomic E-state index is 1.25. The highest BCUT2D eigenvalue weighted by molar-refractivity contribution is 4.55. The second-order valence-corrected chi connectivity index (χ2v) is 4.22. The number of hydrogen-bond donors (Lipinski definition) is 1. The smallest absolute Gasteiger partial charge is 0.00489 e. The van der Waals surface area contributed by atoms with Crippen LogP contribution in [0.15, 0.2) is 0 Å². The van der Waals surface area contributed by atoms with Crippen LogP contribution in [0.2, 0.25) is 0 Å². The van der Waals surface area contributed by atoms with Crippen molar-refractivity contribution in [3.63, 3.8) is 0 Å². The lowest BCUT2D eigenvalue weighted by atomic mass is 10.1. The fourth-order valence-corrected chi connectivity index (χ4v) is 1.66. The Labute approximate surface area is 90.7 Å². The molecule has 1 saturated heterocycles. The molecule has 14 heavy (non-hydrogen) atoms. The summed E-state index contributed by atoms with van der Waals surface area (Å²) >= 11 is 0. The van der Waals surface area contributed by atoms with E-state index in [1.807, 2.05) is 0 Å². The molecule has 0 radical (unpaired) electrons. The van der Waals surface area contributed by atoms with E-state index in [-0.39, 0.29) is 0 Å². The molecule has 0 bridgehead atoms. The van der Waals surface area contributed by atoms with Crippen LogP contribution in [0.25, 0.3) is 0 Å². The second-order valence-electron chi connectivity index (χ2n) is 4.22. The van der Waals surface area contributed by atoms with Crippen molar-refractivity contribution in [3.8, 4) is 0 Å². The Balaban J connectivity index is 0.000000249. The predicted octanol–water partition coefficient (Wildman–Crippen LogP) is 4.13. The minimum atomic E-state index is 1.25. The van der Waals surface area contributed by atoms with Gasteiger partial charge < -0.3 is 5.32 Å². The van der Waals surface area contributed by atoms with Gasteiger partial charge in [-0.3, -0.25) is 0 Å². The molecule has 1 nitrogen and oxygen atoms in total. The summed E-state index contributed by atoms with van der Waals surface area (Å²) in [5, 5.41) is 3.28. The van der Waals surface area contributed by atoms with Crippen LogP contribution >= 0.6 is 0 Å². The van der Waals surface area contributed by atoms with Crippen LogP contribution in [0.3, 0.4) is 0 Å². The van der Waals surface area contributed by atoms with Crippen molar-refractivity contribution >= 4 is 0 Å². The zero-order valence-corrected chi connectivity index (χ0v) is 10.3. The molecule has 0 saturated carbocycles. The third-order valence-electron chi connectivity index (χ3n) is 2.66. The lowest BCUT2D eigenvalue weighted by Gasteiger charge is -2.08.